The van der Waals surface area contributed by atoms with Crippen LogP contribution in [0.1, 0.15) is 5.56 Å². The largest absolute Gasteiger partial charge is 0.471 e. The number of rotatable bonds is 1. The van der Waals surface area contributed by atoms with Gasteiger partial charge in [-0.25, -0.2) is 0 Å². The van der Waals surface area contributed by atoms with Gasteiger partial charge in [-0.1, -0.05) is 12.1 Å². The lowest BCUT2D eigenvalue weighted by atomic mass is 10.1. The molecule has 0 aliphatic heterocycles. The number of fused-ring (bicyclic) bond motifs is 1. The first-order chi connectivity index (χ1) is 5.40. The molecule has 0 aliphatic rings. The molecule has 0 bridgehead atoms. The van der Waals surface area contributed by atoms with E-state index in [4.69, 9.17) is 4.42 Å². The highest BCUT2D eigenvalue weighted by Crippen LogP contribution is 2.15. The van der Waals surface area contributed by atoms with E-state index in [-0.39, 0.29) is 0 Å². The van der Waals surface area contributed by atoms with E-state index in [2.05, 4.69) is 0 Å². The Morgan fingerprint density at radius 3 is 2.82 bits per heavy atom. The van der Waals surface area contributed by atoms with E-state index < -0.39 is 0 Å². The molecule has 0 saturated heterocycles. The summed E-state index contributed by atoms with van der Waals surface area (Å²) in [5.74, 6) is 0. The van der Waals surface area contributed by atoms with Gasteiger partial charge in [0.25, 0.3) is 0 Å². The minimum atomic E-state index is 0.555. The van der Waals surface area contributed by atoms with Crippen LogP contribution < -0.4 is 0 Å². The average molecular weight is 145 g/mol. The normalized spacial score (nSPS) is 10.2. The maximum atomic E-state index is 10.2. The predicted molar refractivity (Wildman–Crippen MR) is 41.0 cm³/mol. The summed E-state index contributed by atoms with van der Waals surface area (Å²) in [5.41, 5.74) is 0.555. The number of hydrogen-bond donors (Lipinski definition) is 0. The van der Waals surface area contributed by atoms with Crippen LogP contribution in [-0.2, 0) is 4.79 Å². The average Bonchev–Trinajstić information content (AvgIpc) is 2.50. The lowest BCUT2D eigenvalue weighted by molar-refractivity contribution is 0.563. The zero-order valence-electron chi connectivity index (χ0n) is 5.70. The Morgan fingerprint density at radius 1 is 1.18 bits per heavy atom. The number of benzene rings is 1. The third-order valence-corrected chi connectivity index (χ3v) is 1.59. The summed E-state index contributed by atoms with van der Waals surface area (Å²) in [5, 5.41) is 1.94. The molecule has 2 rings (SSSR count). The van der Waals surface area contributed by atoms with E-state index in [9.17, 15) is 4.79 Å². The van der Waals surface area contributed by atoms with Crippen molar-refractivity contribution in [3.8, 4) is 0 Å². The van der Waals surface area contributed by atoms with Crippen LogP contribution in [-0.4, -0.2) is 6.29 Å². The SMILES string of the molecule is O=[C]c1ccc2cocc2c1. The third kappa shape index (κ3) is 0.923. The fraction of sp³-hybridized carbons (Fsp3) is 0. The molecule has 53 valence electrons. The Hall–Kier alpha value is -1.57. The maximum absolute atomic E-state index is 10.2. The molecule has 0 aliphatic carbocycles. The van der Waals surface area contributed by atoms with Crippen LogP contribution in [0.5, 0.6) is 0 Å². The Labute approximate surface area is 63.4 Å². The van der Waals surface area contributed by atoms with Crippen LogP contribution in [0.4, 0.5) is 0 Å². The van der Waals surface area contributed by atoms with E-state index in [0.29, 0.717) is 5.56 Å². The quantitative estimate of drug-likeness (QED) is 0.613. The molecular weight excluding hydrogens is 140 g/mol. The van der Waals surface area contributed by atoms with Crippen LogP contribution in [0.2, 0.25) is 0 Å². The van der Waals surface area contributed by atoms with Crippen molar-refractivity contribution >= 4 is 17.1 Å². The molecule has 1 heterocycles. The zero-order chi connectivity index (χ0) is 7.68. The number of carbonyl (C=O) groups excluding carboxylic acids is 1. The minimum absolute atomic E-state index is 0.555. The minimum Gasteiger partial charge on any atom is -0.471 e. The highest BCUT2D eigenvalue weighted by molar-refractivity contribution is 5.88. The van der Waals surface area contributed by atoms with E-state index >= 15 is 0 Å². The Morgan fingerprint density at radius 2 is 2.00 bits per heavy atom. The first-order valence-corrected chi connectivity index (χ1v) is 3.24. The van der Waals surface area contributed by atoms with E-state index in [1.165, 1.54) is 0 Å². The second kappa shape index (κ2) is 2.23. The standard InChI is InChI=1S/C9H5O2/c10-4-7-1-2-8-5-11-6-9(8)3-7/h1-3,5-6H. The molecule has 0 spiro atoms. The van der Waals surface area contributed by atoms with E-state index in [1.807, 2.05) is 12.4 Å². The van der Waals surface area contributed by atoms with Gasteiger partial charge in [0, 0.05) is 16.3 Å². The maximum Gasteiger partial charge on any atom is 0.233 e. The summed E-state index contributed by atoms with van der Waals surface area (Å²) in [4.78, 5) is 10.2. The van der Waals surface area contributed by atoms with Crippen LogP contribution in [0.15, 0.2) is 35.1 Å². The van der Waals surface area contributed by atoms with Crippen LogP contribution >= 0.6 is 0 Å². The van der Waals surface area contributed by atoms with Crippen molar-refractivity contribution < 1.29 is 9.21 Å². The molecule has 1 aromatic heterocycles. The Bertz CT molecular complexity index is 387. The molecule has 0 fully saturated rings. The molecule has 1 radical (unpaired) electrons. The van der Waals surface area contributed by atoms with Crippen molar-refractivity contribution in [2.75, 3.05) is 0 Å². The highest BCUT2D eigenvalue weighted by atomic mass is 16.3. The molecule has 11 heavy (non-hydrogen) atoms. The lowest BCUT2D eigenvalue weighted by Gasteiger charge is -1.87. The van der Waals surface area contributed by atoms with Crippen LogP contribution in [0.3, 0.4) is 0 Å². The van der Waals surface area contributed by atoms with Crippen LogP contribution in [0, 0.1) is 0 Å². The predicted octanol–water partition coefficient (Wildman–Crippen LogP) is 1.89. The van der Waals surface area contributed by atoms with Gasteiger partial charge in [-0.15, -0.1) is 0 Å². The Kier molecular flexibility index (Phi) is 1.25. The van der Waals surface area contributed by atoms with Gasteiger partial charge in [0.15, 0.2) is 0 Å². The molecule has 1 aromatic carbocycles. The summed E-state index contributed by atoms with van der Waals surface area (Å²) < 4.78 is 4.93. The molecule has 0 amide bonds. The molecule has 2 aromatic rings. The molecule has 0 N–H and O–H groups in total. The van der Waals surface area contributed by atoms with Gasteiger partial charge in [-0.3, -0.25) is 4.79 Å². The van der Waals surface area contributed by atoms with Crippen molar-refractivity contribution in [1.82, 2.24) is 0 Å². The Balaban J connectivity index is 2.76. The van der Waals surface area contributed by atoms with E-state index in [0.717, 1.165) is 10.8 Å². The topological polar surface area (TPSA) is 30.2 Å². The molecule has 0 saturated carbocycles. The molecule has 2 heteroatoms. The first-order valence-electron chi connectivity index (χ1n) is 3.24. The fourth-order valence-electron chi connectivity index (χ4n) is 1.03. The fourth-order valence-corrected chi connectivity index (χ4v) is 1.03. The van der Waals surface area contributed by atoms with Crippen molar-refractivity contribution in [3.05, 3.63) is 36.3 Å². The second-order valence-corrected chi connectivity index (χ2v) is 2.32. The summed E-state index contributed by atoms with van der Waals surface area (Å²) in [6.45, 7) is 0. The molecule has 2 nitrogen and oxygen atoms in total. The summed E-state index contributed by atoms with van der Waals surface area (Å²) in [7, 11) is 0. The first kappa shape index (κ1) is 6.16. The molecular formula is C9H5O2. The number of furan rings is 1. The van der Waals surface area contributed by atoms with Crippen molar-refractivity contribution in [2.24, 2.45) is 0 Å². The van der Waals surface area contributed by atoms with Gasteiger partial charge < -0.3 is 4.42 Å². The van der Waals surface area contributed by atoms with Crippen molar-refractivity contribution in [2.45, 2.75) is 0 Å². The second-order valence-electron chi connectivity index (χ2n) is 2.32. The van der Waals surface area contributed by atoms with Gasteiger partial charge >= 0.3 is 0 Å². The zero-order valence-corrected chi connectivity index (χ0v) is 5.70. The summed E-state index contributed by atoms with van der Waals surface area (Å²) in [6.07, 6.45) is 5.07. The van der Waals surface area contributed by atoms with Gasteiger partial charge in [0.1, 0.15) is 0 Å². The smallest absolute Gasteiger partial charge is 0.233 e. The molecule has 0 atom stereocenters. The van der Waals surface area contributed by atoms with Gasteiger partial charge in [0.05, 0.1) is 12.5 Å². The number of hydrogen-bond acceptors (Lipinski definition) is 2. The summed E-state index contributed by atoms with van der Waals surface area (Å²) >= 11 is 0. The highest BCUT2D eigenvalue weighted by Gasteiger charge is 1.96. The van der Waals surface area contributed by atoms with Crippen LogP contribution in [0.25, 0.3) is 10.8 Å². The van der Waals surface area contributed by atoms with Gasteiger partial charge in [-0.2, -0.15) is 0 Å². The third-order valence-electron chi connectivity index (χ3n) is 1.59. The van der Waals surface area contributed by atoms with E-state index in [1.54, 1.807) is 24.7 Å². The monoisotopic (exact) mass is 145 g/mol. The van der Waals surface area contributed by atoms with Gasteiger partial charge in [0.2, 0.25) is 6.29 Å². The molecule has 0 unspecified atom stereocenters. The van der Waals surface area contributed by atoms with Gasteiger partial charge in [-0.05, 0) is 6.07 Å². The van der Waals surface area contributed by atoms with Crippen molar-refractivity contribution in [1.29, 1.82) is 0 Å². The lowest BCUT2D eigenvalue weighted by Crippen LogP contribution is -1.76. The summed E-state index contributed by atoms with van der Waals surface area (Å²) in [6, 6.07) is 5.29. The van der Waals surface area contributed by atoms with Crippen molar-refractivity contribution in [3.63, 3.8) is 0 Å².